The molecule has 2 rings (SSSR count). The van der Waals surface area contributed by atoms with Crippen LogP contribution in [0.25, 0.3) is 0 Å². The number of rotatable bonds is 10. The Morgan fingerprint density at radius 3 is 2.53 bits per heavy atom. The number of aryl methyl sites for hydroxylation is 1. The topological polar surface area (TPSA) is 95.0 Å². The van der Waals surface area contributed by atoms with Crippen molar-refractivity contribution in [3.05, 3.63) is 59.7 Å². The third-order valence-electron chi connectivity index (χ3n) is 4.03. The maximum absolute atomic E-state index is 12.0. The molecular weight excluding hydrogens is 495 g/mol. The van der Waals surface area contributed by atoms with Crippen LogP contribution in [-0.2, 0) is 0 Å². The molecule has 0 bridgehead atoms. The van der Waals surface area contributed by atoms with Gasteiger partial charge in [0.1, 0.15) is 18.1 Å². The number of aromatic hydroxyl groups is 1. The molecule has 7 nitrogen and oxygen atoms in total. The van der Waals surface area contributed by atoms with Crippen LogP contribution in [0.2, 0.25) is 0 Å². The van der Waals surface area contributed by atoms with E-state index in [0.29, 0.717) is 38.2 Å². The number of nitrogens with one attached hydrogen (secondary N) is 3. The lowest BCUT2D eigenvalue weighted by Crippen LogP contribution is -2.39. The quantitative estimate of drug-likeness (QED) is 0.165. The first kappa shape index (κ1) is 25.5. The Balaban J connectivity index is 0.00000450. The highest BCUT2D eigenvalue weighted by Crippen LogP contribution is 2.11. The molecule has 0 saturated heterocycles. The Labute approximate surface area is 195 Å². The number of benzene rings is 2. The molecule has 0 aromatic heterocycles. The molecule has 30 heavy (non-hydrogen) atoms. The molecule has 0 radical (unpaired) electrons. The molecule has 1 amide bonds. The van der Waals surface area contributed by atoms with E-state index in [0.717, 1.165) is 18.3 Å². The van der Waals surface area contributed by atoms with Gasteiger partial charge in [-0.15, -0.1) is 24.0 Å². The van der Waals surface area contributed by atoms with Gasteiger partial charge in [0.25, 0.3) is 5.91 Å². The number of amides is 1. The van der Waals surface area contributed by atoms with Crippen LogP contribution < -0.4 is 20.7 Å². The number of aliphatic imine (C=N–C) groups is 1. The van der Waals surface area contributed by atoms with E-state index >= 15 is 0 Å². The largest absolute Gasteiger partial charge is 0.508 e. The Morgan fingerprint density at radius 1 is 1.07 bits per heavy atom. The number of phenolic OH excluding ortho intramolecular Hbond substituents is 1. The fraction of sp³-hybridized carbons (Fsp3) is 0.364. The Morgan fingerprint density at radius 2 is 1.83 bits per heavy atom. The fourth-order valence-electron chi connectivity index (χ4n) is 2.54. The van der Waals surface area contributed by atoms with Gasteiger partial charge in [0.15, 0.2) is 5.96 Å². The summed E-state index contributed by atoms with van der Waals surface area (Å²) in [6.07, 6.45) is 0.709. The highest BCUT2D eigenvalue weighted by atomic mass is 127. The molecule has 0 fully saturated rings. The molecule has 0 saturated carbocycles. The number of hydrogen-bond acceptors (Lipinski definition) is 4. The summed E-state index contributed by atoms with van der Waals surface area (Å²) in [6, 6.07) is 14.2. The van der Waals surface area contributed by atoms with Gasteiger partial charge in [-0.2, -0.15) is 0 Å². The predicted octanol–water partition coefficient (Wildman–Crippen LogP) is 3.07. The fourth-order valence-corrected chi connectivity index (χ4v) is 2.54. The van der Waals surface area contributed by atoms with Crippen LogP contribution in [0, 0.1) is 6.92 Å². The summed E-state index contributed by atoms with van der Waals surface area (Å²) in [7, 11) is 0. The monoisotopic (exact) mass is 526 g/mol. The summed E-state index contributed by atoms with van der Waals surface area (Å²) in [5.74, 6) is 1.44. The summed E-state index contributed by atoms with van der Waals surface area (Å²) in [5.41, 5.74) is 1.65. The lowest BCUT2D eigenvalue weighted by Gasteiger charge is -2.12. The van der Waals surface area contributed by atoms with Crippen molar-refractivity contribution in [3.8, 4) is 11.5 Å². The molecule has 0 aliphatic carbocycles. The van der Waals surface area contributed by atoms with Gasteiger partial charge in [0.2, 0.25) is 0 Å². The van der Waals surface area contributed by atoms with Gasteiger partial charge in [-0.3, -0.25) is 9.79 Å². The molecule has 0 spiro atoms. The van der Waals surface area contributed by atoms with Crippen LogP contribution in [0.15, 0.2) is 53.5 Å². The number of nitrogens with zero attached hydrogens (tertiary/aromatic N) is 1. The van der Waals surface area contributed by atoms with Crippen molar-refractivity contribution >= 4 is 35.8 Å². The zero-order valence-electron chi connectivity index (χ0n) is 17.5. The van der Waals surface area contributed by atoms with E-state index < -0.39 is 0 Å². The molecule has 0 unspecified atom stereocenters. The van der Waals surface area contributed by atoms with Crippen LogP contribution in [0.4, 0.5) is 0 Å². The third kappa shape index (κ3) is 9.82. The Kier molecular flexibility index (Phi) is 12.3. The van der Waals surface area contributed by atoms with Crippen molar-refractivity contribution < 1.29 is 14.6 Å². The number of carbonyl (C=O) groups excluding carboxylic acids is 1. The van der Waals surface area contributed by atoms with Crippen LogP contribution in [0.3, 0.4) is 0 Å². The first-order valence-corrected chi connectivity index (χ1v) is 9.87. The summed E-state index contributed by atoms with van der Waals surface area (Å²) < 4.78 is 5.70. The smallest absolute Gasteiger partial charge is 0.251 e. The maximum atomic E-state index is 12.0. The minimum absolute atomic E-state index is 0. The van der Waals surface area contributed by atoms with Gasteiger partial charge in [-0.25, -0.2) is 0 Å². The zero-order valence-corrected chi connectivity index (χ0v) is 19.8. The van der Waals surface area contributed by atoms with E-state index in [1.165, 1.54) is 17.7 Å². The number of guanidine groups is 1. The summed E-state index contributed by atoms with van der Waals surface area (Å²) in [6.45, 7) is 7.07. The van der Waals surface area contributed by atoms with E-state index in [-0.39, 0.29) is 35.6 Å². The van der Waals surface area contributed by atoms with Crippen molar-refractivity contribution in [2.45, 2.75) is 20.3 Å². The van der Waals surface area contributed by atoms with Gasteiger partial charge >= 0.3 is 0 Å². The van der Waals surface area contributed by atoms with E-state index in [1.807, 2.05) is 38.1 Å². The number of hydrogen-bond donors (Lipinski definition) is 4. The van der Waals surface area contributed by atoms with Crippen molar-refractivity contribution in [1.82, 2.24) is 16.0 Å². The maximum Gasteiger partial charge on any atom is 0.251 e. The van der Waals surface area contributed by atoms with E-state index in [9.17, 15) is 9.90 Å². The van der Waals surface area contributed by atoms with E-state index in [4.69, 9.17) is 4.74 Å². The van der Waals surface area contributed by atoms with Crippen LogP contribution in [0.5, 0.6) is 11.5 Å². The predicted molar refractivity (Wildman–Crippen MR) is 131 cm³/mol. The number of halogens is 1. The second-order valence-corrected chi connectivity index (χ2v) is 6.51. The summed E-state index contributed by atoms with van der Waals surface area (Å²) in [5, 5.41) is 18.7. The van der Waals surface area contributed by atoms with Crippen molar-refractivity contribution in [2.24, 2.45) is 4.99 Å². The molecule has 2 aromatic carbocycles. The molecular formula is C22H31IN4O3. The third-order valence-corrected chi connectivity index (χ3v) is 4.03. The first-order chi connectivity index (χ1) is 14.1. The normalized spacial score (nSPS) is 10.7. The number of carbonyl (C=O) groups is 1. The van der Waals surface area contributed by atoms with Gasteiger partial charge in [0.05, 0.1) is 6.54 Å². The van der Waals surface area contributed by atoms with Gasteiger partial charge in [-0.1, -0.05) is 23.8 Å². The minimum atomic E-state index is -0.205. The lowest BCUT2D eigenvalue weighted by molar-refractivity contribution is 0.0953. The Hall–Kier alpha value is -2.49. The Bertz CT molecular complexity index is 797. The standard InChI is InChI=1S/C22H30N4O3.HI/c1-3-23-22(26-14-15-29-20-10-8-17(2)9-11-20)25-13-5-12-24-21(28)18-6-4-7-19(27)16-18;/h4,6-11,16,27H,3,5,12-15H2,1-2H3,(H,24,28)(H2,23,25,26);1H. The zero-order chi connectivity index (χ0) is 20.9. The van der Waals surface area contributed by atoms with Crippen molar-refractivity contribution in [2.75, 3.05) is 32.8 Å². The van der Waals surface area contributed by atoms with E-state index in [1.54, 1.807) is 12.1 Å². The highest BCUT2D eigenvalue weighted by molar-refractivity contribution is 14.0. The van der Waals surface area contributed by atoms with Gasteiger partial charge in [0, 0.05) is 25.2 Å². The first-order valence-electron chi connectivity index (χ1n) is 9.87. The van der Waals surface area contributed by atoms with Gasteiger partial charge < -0.3 is 25.8 Å². The number of ether oxygens (including phenoxy) is 1. The lowest BCUT2D eigenvalue weighted by atomic mass is 10.2. The second-order valence-electron chi connectivity index (χ2n) is 6.51. The number of phenols is 1. The minimum Gasteiger partial charge on any atom is -0.508 e. The van der Waals surface area contributed by atoms with Crippen molar-refractivity contribution in [1.29, 1.82) is 0 Å². The average Bonchev–Trinajstić information content (AvgIpc) is 2.72. The SMILES string of the molecule is CCNC(=NCCCNC(=O)c1cccc(O)c1)NCCOc1ccc(C)cc1.I. The molecule has 0 aliphatic heterocycles. The van der Waals surface area contributed by atoms with Crippen LogP contribution >= 0.6 is 24.0 Å². The van der Waals surface area contributed by atoms with E-state index in [2.05, 4.69) is 20.9 Å². The van der Waals surface area contributed by atoms with Gasteiger partial charge in [-0.05, 0) is 50.6 Å². The molecule has 0 aliphatic rings. The molecule has 0 heterocycles. The summed E-state index contributed by atoms with van der Waals surface area (Å²) in [4.78, 5) is 16.5. The molecule has 8 heteroatoms. The van der Waals surface area contributed by atoms with Crippen LogP contribution in [-0.4, -0.2) is 49.8 Å². The average molecular weight is 526 g/mol. The summed E-state index contributed by atoms with van der Waals surface area (Å²) >= 11 is 0. The second kappa shape index (κ2) is 14.5. The van der Waals surface area contributed by atoms with Crippen LogP contribution in [0.1, 0.15) is 29.3 Å². The molecule has 4 N–H and O–H groups in total. The highest BCUT2D eigenvalue weighted by Gasteiger charge is 2.05. The molecule has 164 valence electrons. The molecule has 2 aromatic rings. The van der Waals surface area contributed by atoms with Crippen molar-refractivity contribution in [3.63, 3.8) is 0 Å². The molecule has 0 atom stereocenters.